The summed E-state index contributed by atoms with van der Waals surface area (Å²) in [5.41, 5.74) is 2.64. The molecule has 3 aliphatic heterocycles. The molecule has 2 unspecified atom stereocenters. The van der Waals surface area contributed by atoms with Gasteiger partial charge >= 0.3 is 0 Å². The minimum atomic E-state index is 0.430. The van der Waals surface area contributed by atoms with Gasteiger partial charge in [0.1, 0.15) is 11.8 Å². The van der Waals surface area contributed by atoms with Gasteiger partial charge in [-0.1, -0.05) is 0 Å². The number of hydrogen-bond acceptors (Lipinski definition) is 7. The van der Waals surface area contributed by atoms with Crippen LogP contribution >= 0.6 is 0 Å². The average molecular weight is 308 g/mol. The molecule has 3 aliphatic rings. The molecule has 0 radical (unpaired) electrons. The van der Waals surface area contributed by atoms with E-state index in [0.717, 1.165) is 41.7 Å². The van der Waals surface area contributed by atoms with Gasteiger partial charge in [-0.15, -0.1) is 0 Å². The maximum absolute atomic E-state index is 4.55. The highest BCUT2D eigenvalue weighted by molar-refractivity contribution is 5.83. The highest BCUT2D eigenvalue weighted by atomic mass is 15.4. The van der Waals surface area contributed by atoms with E-state index in [1.165, 1.54) is 6.42 Å². The number of anilines is 2. The molecule has 23 heavy (non-hydrogen) atoms. The van der Waals surface area contributed by atoms with Crippen LogP contribution in [0, 0.1) is 6.92 Å². The fourth-order valence-corrected chi connectivity index (χ4v) is 3.65. The normalized spacial score (nSPS) is 23.2. The van der Waals surface area contributed by atoms with Crippen LogP contribution in [0.15, 0.2) is 24.9 Å². The summed E-state index contributed by atoms with van der Waals surface area (Å²) in [5.74, 6) is 1.78. The van der Waals surface area contributed by atoms with Crippen LogP contribution in [0.1, 0.15) is 12.1 Å². The number of imidazole rings is 1. The molecule has 0 saturated carbocycles. The molecule has 3 aromatic heterocycles. The molecule has 2 atom stereocenters. The molecular formula is C15H16N8. The van der Waals surface area contributed by atoms with Crippen molar-refractivity contribution in [2.45, 2.75) is 25.4 Å². The molecule has 116 valence electrons. The molecular weight excluding hydrogens is 292 g/mol. The molecule has 0 aliphatic carbocycles. The van der Waals surface area contributed by atoms with E-state index in [-0.39, 0.29) is 0 Å². The quantitative estimate of drug-likeness (QED) is 0.753. The summed E-state index contributed by atoms with van der Waals surface area (Å²) >= 11 is 0. The van der Waals surface area contributed by atoms with Crippen molar-refractivity contribution in [1.82, 2.24) is 29.9 Å². The van der Waals surface area contributed by atoms with Crippen molar-refractivity contribution < 1.29 is 0 Å². The van der Waals surface area contributed by atoms with Gasteiger partial charge in [0, 0.05) is 25.0 Å². The lowest BCUT2D eigenvalue weighted by atomic mass is 9.87. The number of nitrogens with one attached hydrogen (secondary N) is 1. The van der Waals surface area contributed by atoms with E-state index in [1.54, 1.807) is 12.7 Å². The van der Waals surface area contributed by atoms with Crippen LogP contribution in [-0.4, -0.2) is 55.1 Å². The topological polar surface area (TPSA) is 86.7 Å². The summed E-state index contributed by atoms with van der Waals surface area (Å²) in [5, 5.41) is 0. The van der Waals surface area contributed by atoms with Gasteiger partial charge in [0.25, 0.3) is 0 Å². The minimum absolute atomic E-state index is 0.430. The molecule has 2 bridgehead atoms. The van der Waals surface area contributed by atoms with Crippen LogP contribution in [0.25, 0.3) is 11.2 Å². The molecule has 0 spiro atoms. The highest BCUT2D eigenvalue weighted by Gasteiger charge is 2.46. The van der Waals surface area contributed by atoms with Crippen LogP contribution in [0.4, 0.5) is 11.8 Å². The van der Waals surface area contributed by atoms with E-state index in [1.807, 2.05) is 19.2 Å². The molecule has 0 aromatic carbocycles. The van der Waals surface area contributed by atoms with Crippen molar-refractivity contribution >= 4 is 22.9 Å². The van der Waals surface area contributed by atoms with Crippen molar-refractivity contribution in [2.75, 3.05) is 22.9 Å². The number of aryl methyl sites for hydroxylation is 1. The second-order valence-corrected chi connectivity index (χ2v) is 6.15. The fraction of sp³-hybridized carbons (Fsp3) is 0.400. The van der Waals surface area contributed by atoms with Crippen molar-refractivity contribution in [3.63, 3.8) is 0 Å². The third-order valence-corrected chi connectivity index (χ3v) is 4.71. The summed E-state index contributed by atoms with van der Waals surface area (Å²) < 4.78 is 0. The summed E-state index contributed by atoms with van der Waals surface area (Å²) in [4.78, 5) is 29.7. The first-order valence-electron chi connectivity index (χ1n) is 7.76. The monoisotopic (exact) mass is 308 g/mol. The molecule has 3 aromatic rings. The molecule has 3 fully saturated rings. The first-order valence-corrected chi connectivity index (χ1v) is 7.76. The zero-order chi connectivity index (χ0) is 15.4. The Labute approximate surface area is 132 Å². The molecule has 8 nitrogen and oxygen atoms in total. The van der Waals surface area contributed by atoms with Gasteiger partial charge in [-0.3, -0.25) is 0 Å². The van der Waals surface area contributed by atoms with Crippen LogP contribution in [0.3, 0.4) is 0 Å². The number of aromatic amines is 1. The number of aromatic nitrogens is 6. The maximum Gasteiger partial charge on any atom is 0.225 e. The molecule has 0 amide bonds. The number of fused-ring (bicyclic) bond motifs is 3. The van der Waals surface area contributed by atoms with Crippen LogP contribution in [0.5, 0.6) is 0 Å². The van der Waals surface area contributed by atoms with Crippen molar-refractivity contribution in [3.8, 4) is 0 Å². The number of rotatable bonds is 2. The summed E-state index contributed by atoms with van der Waals surface area (Å²) in [6.07, 6.45) is 6.27. The second-order valence-electron chi connectivity index (χ2n) is 6.15. The smallest absolute Gasteiger partial charge is 0.225 e. The maximum atomic E-state index is 4.55. The standard InChI is InChI=1S/C15H16N8/c1-9-2-3-16-15(21-9)22-5-10-4-11(6-22)23(10)14-12-13(18-7-17-12)19-8-20-14/h2-3,7-8,10-11H,4-6H2,1H3,(H,17,18,19,20). The summed E-state index contributed by atoms with van der Waals surface area (Å²) in [6, 6.07) is 2.79. The van der Waals surface area contributed by atoms with Crippen LogP contribution < -0.4 is 9.80 Å². The number of hydrogen-bond donors (Lipinski definition) is 1. The average Bonchev–Trinajstić information content (AvgIpc) is 3.04. The van der Waals surface area contributed by atoms with Crippen LogP contribution in [0.2, 0.25) is 0 Å². The van der Waals surface area contributed by atoms with Gasteiger partial charge in [0.05, 0.1) is 18.4 Å². The largest absolute Gasteiger partial charge is 0.345 e. The number of H-pyrrole nitrogens is 1. The lowest BCUT2D eigenvalue weighted by molar-refractivity contribution is 0.287. The molecule has 6 heterocycles. The number of nitrogens with zero attached hydrogens (tertiary/aromatic N) is 7. The van der Waals surface area contributed by atoms with E-state index < -0.39 is 0 Å². The van der Waals surface area contributed by atoms with Gasteiger partial charge in [0.15, 0.2) is 11.5 Å². The zero-order valence-electron chi connectivity index (χ0n) is 12.7. The Morgan fingerprint density at radius 1 is 1.13 bits per heavy atom. The lowest BCUT2D eigenvalue weighted by Crippen LogP contribution is -2.69. The summed E-state index contributed by atoms with van der Waals surface area (Å²) in [7, 11) is 0. The Morgan fingerprint density at radius 2 is 2.00 bits per heavy atom. The van der Waals surface area contributed by atoms with Gasteiger partial charge in [-0.25, -0.2) is 24.9 Å². The Kier molecular flexibility index (Phi) is 2.55. The first kappa shape index (κ1) is 12.7. The van der Waals surface area contributed by atoms with E-state index in [0.29, 0.717) is 12.1 Å². The van der Waals surface area contributed by atoms with E-state index in [9.17, 15) is 0 Å². The SMILES string of the molecule is Cc1ccnc(N2CC3CC(C2)N3c2ncnc3nc[nH]c23)n1. The summed E-state index contributed by atoms with van der Waals surface area (Å²) in [6.45, 7) is 3.83. The molecule has 8 heteroatoms. The Balaban J connectivity index is 1.44. The molecule has 1 N–H and O–H groups in total. The van der Waals surface area contributed by atoms with Gasteiger partial charge < -0.3 is 14.8 Å². The third kappa shape index (κ3) is 1.87. The Morgan fingerprint density at radius 3 is 2.83 bits per heavy atom. The van der Waals surface area contributed by atoms with E-state index in [2.05, 4.69) is 39.7 Å². The second kappa shape index (κ2) is 4.61. The lowest BCUT2D eigenvalue weighted by Gasteiger charge is -2.56. The fourth-order valence-electron chi connectivity index (χ4n) is 3.65. The Bertz CT molecular complexity index is 863. The predicted octanol–water partition coefficient (Wildman–Crippen LogP) is 0.919. The van der Waals surface area contributed by atoms with Gasteiger partial charge in [0.2, 0.25) is 5.95 Å². The third-order valence-electron chi connectivity index (χ3n) is 4.71. The number of piperazine rings is 1. The van der Waals surface area contributed by atoms with Crippen molar-refractivity contribution in [2.24, 2.45) is 0 Å². The van der Waals surface area contributed by atoms with E-state index in [4.69, 9.17) is 0 Å². The molecule has 3 saturated heterocycles. The predicted molar refractivity (Wildman–Crippen MR) is 85.3 cm³/mol. The zero-order valence-corrected chi connectivity index (χ0v) is 12.7. The molecule has 6 rings (SSSR count). The minimum Gasteiger partial charge on any atom is -0.345 e. The van der Waals surface area contributed by atoms with Crippen molar-refractivity contribution in [1.29, 1.82) is 0 Å². The van der Waals surface area contributed by atoms with Crippen LogP contribution in [-0.2, 0) is 0 Å². The van der Waals surface area contributed by atoms with Gasteiger partial charge in [-0.2, -0.15) is 0 Å². The van der Waals surface area contributed by atoms with Gasteiger partial charge in [-0.05, 0) is 19.4 Å². The highest BCUT2D eigenvalue weighted by Crippen LogP contribution is 2.38. The first-order chi connectivity index (χ1) is 11.3. The Hall–Kier alpha value is -2.77. The van der Waals surface area contributed by atoms with E-state index >= 15 is 0 Å². The van der Waals surface area contributed by atoms with Crippen molar-refractivity contribution in [3.05, 3.63) is 30.6 Å². The number of piperidine rings is 1.